The van der Waals surface area contributed by atoms with E-state index in [0.29, 0.717) is 6.54 Å². The van der Waals surface area contributed by atoms with Gasteiger partial charge in [-0.05, 0) is 23.4 Å². The first-order chi connectivity index (χ1) is 8.10. The summed E-state index contributed by atoms with van der Waals surface area (Å²) in [5, 5.41) is 16.1. The zero-order valence-corrected chi connectivity index (χ0v) is 10.8. The van der Waals surface area contributed by atoms with Gasteiger partial charge in [-0.3, -0.25) is 4.79 Å². The number of nitrogens with two attached hydrogens (primary N) is 1. The molecule has 1 atom stereocenters. The number of amides is 1. The van der Waals surface area contributed by atoms with Gasteiger partial charge in [-0.1, -0.05) is 19.0 Å². The van der Waals surface area contributed by atoms with E-state index in [1.54, 1.807) is 6.92 Å². The lowest BCUT2D eigenvalue weighted by Gasteiger charge is -2.10. The van der Waals surface area contributed by atoms with Crippen molar-refractivity contribution in [3.8, 4) is 0 Å². The number of hydrogen-bond donors (Lipinski definition) is 3. The van der Waals surface area contributed by atoms with Crippen LogP contribution < -0.4 is 11.1 Å². The molecule has 4 N–H and O–H groups in total. The average Bonchev–Trinajstić information content (AvgIpc) is 2.82. The van der Waals surface area contributed by atoms with E-state index in [0.717, 1.165) is 16.9 Å². The van der Waals surface area contributed by atoms with Gasteiger partial charge in [0.1, 0.15) is 5.84 Å². The topological polar surface area (TPSA) is 87.7 Å². The molecular formula is C11H17N3O2S. The van der Waals surface area contributed by atoms with Gasteiger partial charge in [-0.15, -0.1) is 11.3 Å². The van der Waals surface area contributed by atoms with Gasteiger partial charge in [-0.25, -0.2) is 0 Å². The average molecular weight is 255 g/mol. The summed E-state index contributed by atoms with van der Waals surface area (Å²) in [4.78, 5) is 12.6. The van der Waals surface area contributed by atoms with E-state index in [1.807, 2.05) is 18.4 Å². The molecule has 6 heteroatoms. The van der Waals surface area contributed by atoms with Crippen LogP contribution in [0.25, 0.3) is 0 Å². The van der Waals surface area contributed by atoms with Crippen LogP contribution in [0, 0.1) is 5.92 Å². The molecule has 0 aliphatic carbocycles. The van der Waals surface area contributed by atoms with Gasteiger partial charge < -0.3 is 16.3 Å². The van der Waals surface area contributed by atoms with E-state index in [2.05, 4.69) is 10.5 Å². The van der Waals surface area contributed by atoms with Crippen molar-refractivity contribution in [1.29, 1.82) is 0 Å². The molecule has 0 aromatic carbocycles. The van der Waals surface area contributed by atoms with Gasteiger partial charge in [0.05, 0.1) is 4.88 Å². The Morgan fingerprint density at radius 2 is 2.41 bits per heavy atom. The molecule has 1 heterocycles. The standard InChI is InChI=1S/C11H17N3O2S/c1-3-8-4-5-17-9(8)11(15)13-6-7(2)10(12)14-16/h4-5,7,16H,3,6H2,1-2H3,(H2,12,14)(H,13,15). The second-order valence-electron chi connectivity index (χ2n) is 3.76. The second-order valence-corrected chi connectivity index (χ2v) is 4.68. The molecule has 5 nitrogen and oxygen atoms in total. The molecule has 0 spiro atoms. The Labute approximate surface area is 104 Å². The highest BCUT2D eigenvalue weighted by Crippen LogP contribution is 2.17. The normalized spacial score (nSPS) is 13.4. The van der Waals surface area contributed by atoms with Gasteiger partial charge >= 0.3 is 0 Å². The molecule has 0 saturated heterocycles. The Morgan fingerprint density at radius 3 is 3.00 bits per heavy atom. The van der Waals surface area contributed by atoms with Crippen molar-refractivity contribution in [2.24, 2.45) is 16.8 Å². The number of carbonyl (C=O) groups is 1. The summed E-state index contributed by atoms with van der Waals surface area (Å²) < 4.78 is 0. The zero-order valence-electron chi connectivity index (χ0n) is 9.93. The van der Waals surface area contributed by atoms with Gasteiger partial charge in [0.15, 0.2) is 0 Å². The number of nitrogens with zero attached hydrogens (tertiary/aromatic N) is 1. The van der Waals surface area contributed by atoms with Crippen molar-refractivity contribution < 1.29 is 10.0 Å². The summed E-state index contributed by atoms with van der Waals surface area (Å²) in [7, 11) is 0. The highest BCUT2D eigenvalue weighted by atomic mass is 32.1. The summed E-state index contributed by atoms with van der Waals surface area (Å²) in [5.74, 6) is -0.171. The van der Waals surface area contributed by atoms with Gasteiger partial charge in [0, 0.05) is 12.5 Å². The lowest BCUT2D eigenvalue weighted by Crippen LogP contribution is -2.34. The minimum atomic E-state index is -0.186. The van der Waals surface area contributed by atoms with Crippen LogP contribution >= 0.6 is 11.3 Å². The Morgan fingerprint density at radius 1 is 1.71 bits per heavy atom. The summed E-state index contributed by atoms with van der Waals surface area (Å²) in [6.07, 6.45) is 0.835. The number of aryl methyl sites for hydroxylation is 1. The Kier molecular flexibility index (Phi) is 4.96. The lowest BCUT2D eigenvalue weighted by molar-refractivity contribution is 0.0954. The number of oxime groups is 1. The fourth-order valence-corrected chi connectivity index (χ4v) is 2.25. The predicted molar refractivity (Wildman–Crippen MR) is 68.6 cm³/mol. The summed E-state index contributed by atoms with van der Waals surface area (Å²) in [6.45, 7) is 4.15. The van der Waals surface area contributed by atoms with Crippen molar-refractivity contribution in [2.75, 3.05) is 6.54 Å². The maximum atomic E-state index is 11.9. The number of carbonyl (C=O) groups excluding carboxylic acids is 1. The van der Waals surface area contributed by atoms with Gasteiger partial charge in [0.2, 0.25) is 0 Å². The van der Waals surface area contributed by atoms with Crippen LogP contribution in [0.15, 0.2) is 16.6 Å². The van der Waals surface area contributed by atoms with E-state index >= 15 is 0 Å². The van der Waals surface area contributed by atoms with Crippen LogP contribution in [0.3, 0.4) is 0 Å². The number of amidine groups is 1. The van der Waals surface area contributed by atoms with Gasteiger partial charge in [0.25, 0.3) is 5.91 Å². The van der Waals surface area contributed by atoms with E-state index in [-0.39, 0.29) is 17.7 Å². The smallest absolute Gasteiger partial charge is 0.261 e. The van der Waals surface area contributed by atoms with Crippen LogP contribution in [-0.2, 0) is 6.42 Å². The van der Waals surface area contributed by atoms with Crippen LogP contribution in [0.2, 0.25) is 0 Å². The highest BCUT2D eigenvalue weighted by Gasteiger charge is 2.14. The Bertz CT molecular complexity index is 415. The lowest BCUT2D eigenvalue weighted by atomic mass is 10.1. The molecule has 0 saturated carbocycles. The molecule has 1 unspecified atom stereocenters. The summed E-state index contributed by atoms with van der Waals surface area (Å²) in [6, 6.07) is 1.95. The predicted octanol–water partition coefficient (Wildman–Crippen LogP) is 1.42. The third kappa shape index (κ3) is 3.45. The van der Waals surface area contributed by atoms with Crippen molar-refractivity contribution in [1.82, 2.24) is 5.32 Å². The minimum absolute atomic E-state index is 0.102. The van der Waals surface area contributed by atoms with Crippen molar-refractivity contribution >= 4 is 23.1 Å². The first-order valence-corrected chi connectivity index (χ1v) is 6.30. The number of hydrogen-bond acceptors (Lipinski definition) is 4. The molecular weight excluding hydrogens is 238 g/mol. The molecule has 0 bridgehead atoms. The third-order valence-electron chi connectivity index (χ3n) is 2.52. The monoisotopic (exact) mass is 255 g/mol. The first-order valence-electron chi connectivity index (χ1n) is 5.42. The second kappa shape index (κ2) is 6.24. The molecule has 0 radical (unpaired) electrons. The summed E-state index contributed by atoms with van der Waals surface area (Å²) in [5.41, 5.74) is 6.47. The van der Waals surface area contributed by atoms with Crippen LogP contribution in [0.1, 0.15) is 29.1 Å². The SMILES string of the molecule is CCc1ccsc1C(=O)NCC(C)C(N)=NO. The molecule has 1 aromatic heterocycles. The Balaban J connectivity index is 2.56. The van der Waals surface area contributed by atoms with E-state index in [1.165, 1.54) is 11.3 Å². The molecule has 17 heavy (non-hydrogen) atoms. The third-order valence-corrected chi connectivity index (χ3v) is 3.48. The summed E-state index contributed by atoms with van der Waals surface area (Å²) >= 11 is 1.43. The maximum absolute atomic E-state index is 11.9. The van der Waals surface area contributed by atoms with Crippen LogP contribution in [0.4, 0.5) is 0 Å². The van der Waals surface area contributed by atoms with Gasteiger partial charge in [-0.2, -0.15) is 0 Å². The van der Waals surface area contributed by atoms with E-state index in [4.69, 9.17) is 10.9 Å². The van der Waals surface area contributed by atoms with Crippen LogP contribution in [0.5, 0.6) is 0 Å². The molecule has 1 amide bonds. The molecule has 0 fully saturated rings. The maximum Gasteiger partial charge on any atom is 0.261 e. The zero-order chi connectivity index (χ0) is 12.8. The number of rotatable bonds is 5. The molecule has 0 aliphatic rings. The molecule has 0 aliphatic heterocycles. The fraction of sp³-hybridized carbons (Fsp3) is 0.455. The molecule has 1 aromatic rings. The van der Waals surface area contributed by atoms with E-state index < -0.39 is 0 Å². The highest BCUT2D eigenvalue weighted by molar-refractivity contribution is 7.12. The van der Waals surface area contributed by atoms with Crippen molar-refractivity contribution in [3.05, 3.63) is 21.9 Å². The number of nitrogens with one attached hydrogen (secondary N) is 1. The van der Waals surface area contributed by atoms with Crippen molar-refractivity contribution in [2.45, 2.75) is 20.3 Å². The minimum Gasteiger partial charge on any atom is -0.409 e. The molecule has 94 valence electrons. The first kappa shape index (κ1) is 13.5. The molecule has 1 rings (SSSR count). The fourth-order valence-electron chi connectivity index (χ4n) is 1.34. The van der Waals surface area contributed by atoms with E-state index in [9.17, 15) is 4.79 Å². The Hall–Kier alpha value is -1.56. The largest absolute Gasteiger partial charge is 0.409 e. The van der Waals surface area contributed by atoms with Crippen molar-refractivity contribution in [3.63, 3.8) is 0 Å². The quantitative estimate of drug-likeness (QED) is 0.322. The van der Waals surface area contributed by atoms with Crippen LogP contribution in [-0.4, -0.2) is 23.5 Å². The number of thiophene rings is 1.